The lowest BCUT2D eigenvalue weighted by Crippen LogP contribution is -2.49. The number of carbonyl (C=O) groups is 1. The van der Waals surface area contributed by atoms with Gasteiger partial charge >= 0.3 is 0 Å². The molecule has 0 saturated carbocycles. The molecule has 5 heterocycles. The first-order chi connectivity index (χ1) is 20.2. The van der Waals surface area contributed by atoms with Gasteiger partial charge in [0.25, 0.3) is 5.91 Å². The normalized spacial score (nSPS) is 15.5. The summed E-state index contributed by atoms with van der Waals surface area (Å²) in [6.45, 7) is 5.76. The van der Waals surface area contributed by atoms with Crippen molar-refractivity contribution in [3.05, 3.63) is 49.1 Å². The topological polar surface area (TPSA) is 125 Å². The number of carbonyl (C=O) groups excluding carboxylic acids is 1. The molecule has 0 radical (unpaired) electrons. The van der Waals surface area contributed by atoms with Gasteiger partial charge in [-0.1, -0.05) is 18.1 Å². The lowest BCUT2D eigenvalue weighted by atomic mass is 10.1. The summed E-state index contributed by atoms with van der Waals surface area (Å²) >= 11 is 0. The molecule has 0 unspecified atom stereocenters. The second kappa shape index (κ2) is 12.2. The van der Waals surface area contributed by atoms with Crippen molar-refractivity contribution in [1.82, 2.24) is 29.8 Å². The number of rotatable bonds is 6. The van der Waals surface area contributed by atoms with E-state index < -0.39 is 0 Å². The van der Waals surface area contributed by atoms with E-state index in [9.17, 15) is 4.79 Å². The smallest absolute Gasteiger partial charge is 0.298 e. The molecule has 0 bridgehead atoms. The third-order valence-electron chi connectivity index (χ3n) is 7.10. The molecular formula is C29H31N9O3. The minimum Gasteiger partial charge on any atom is -0.378 e. The molecule has 41 heavy (non-hydrogen) atoms. The molecule has 2 saturated heterocycles. The van der Waals surface area contributed by atoms with Crippen LogP contribution < -0.4 is 15.1 Å². The van der Waals surface area contributed by atoms with Crippen molar-refractivity contribution in [3.8, 4) is 23.1 Å². The van der Waals surface area contributed by atoms with E-state index in [1.165, 1.54) is 0 Å². The lowest BCUT2D eigenvalue weighted by Gasteiger charge is -2.33. The predicted molar refractivity (Wildman–Crippen MR) is 156 cm³/mol. The van der Waals surface area contributed by atoms with Crippen LogP contribution in [0.1, 0.15) is 0 Å². The third-order valence-corrected chi connectivity index (χ3v) is 7.10. The molecule has 2 aliphatic rings. The number of benzene rings is 1. The maximum atomic E-state index is 12.2. The second-order valence-electron chi connectivity index (χ2n) is 9.73. The zero-order chi connectivity index (χ0) is 28.0. The maximum Gasteiger partial charge on any atom is 0.298 e. The van der Waals surface area contributed by atoms with Gasteiger partial charge in [0, 0.05) is 57.8 Å². The number of ether oxygens (including phenoxy) is 2. The van der Waals surface area contributed by atoms with Crippen molar-refractivity contribution in [2.45, 2.75) is 0 Å². The van der Waals surface area contributed by atoms with E-state index in [1.807, 2.05) is 12.1 Å². The highest BCUT2D eigenvalue weighted by Gasteiger charge is 2.22. The standard InChI is InChI=1S/C29H31N9O3/c1-40-14-2-3-26(39)36-8-10-38(11-9-36)29-30-18-23(19-31-29)34-22-6-4-21(5-7-22)25-17-24-27(35-25)32-20-33-28(24)37-12-15-41-16-13-37/h4-7,17-20,34H,8-16H2,1H3,(H,32,33,35). The Kier molecular flexibility index (Phi) is 7.88. The van der Waals surface area contributed by atoms with E-state index in [2.05, 4.69) is 70.1 Å². The summed E-state index contributed by atoms with van der Waals surface area (Å²) in [7, 11) is 1.55. The van der Waals surface area contributed by atoms with Crippen molar-refractivity contribution in [3.63, 3.8) is 0 Å². The monoisotopic (exact) mass is 553 g/mol. The average Bonchev–Trinajstić information content (AvgIpc) is 3.47. The Morgan fingerprint density at radius 3 is 2.46 bits per heavy atom. The summed E-state index contributed by atoms with van der Waals surface area (Å²) in [4.78, 5) is 39.7. The number of aromatic amines is 1. The number of methoxy groups -OCH3 is 1. The minimum atomic E-state index is -0.177. The van der Waals surface area contributed by atoms with Gasteiger partial charge in [-0.05, 0) is 29.7 Å². The highest BCUT2D eigenvalue weighted by atomic mass is 16.5. The van der Waals surface area contributed by atoms with Crippen LogP contribution in [0.25, 0.3) is 22.3 Å². The lowest BCUT2D eigenvalue weighted by molar-refractivity contribution is -0.125. The molecule has 2 fully saturated rings. The molecule has 0 spiro atoms. The van der Waals surface area contributed by atoms with Gasteiger partial charge in [-0.2, -0.15) is 0 Å². The van der Waals surface area contributed by atoms with Crippen LogP contribution in [0.15, 0.2) is 49.1 Å². The van der Waals surface area contributed by atoms with Crippen LogP contribution in [-0.2, 0) is 14.3 Å². The minimum absolute atomic E-state index is 0.177. The van der Waals surface area contributed by atoms with Gasteiger partial charge < -0.3 is 34.5 Å². The van der Waals surface area contributed by atoms with Crippen molar-refractivity contribution in [2.24, 2.45) is 0 Å². The number of nitrogens with one attached hydrogen (secondary N) is 2. The first-order valence-electron chi connectivity index (χ1n) is 13.6. The SMILES string of the molecule is COCC#CC(=O)N1CCN(c2ncc(Nc3ccc(-c4cc5c(N6CCOCC6)ncnc5[nH]4)cc3)cn2)CC1. The van der Waals surface area contributed by atoms with Crippen LogP contribution in [0, 0.1) is 11.8 Å². The first kappa shape index (κ1) is 26.5. The Balaban J connectivity index is 1.07. The fourth-order valence-electron chi connectivity index (χ4n) is 4.93. The van der Waals surface area contributed by atoms with Gasteiger partial charge in [-0.3, -0.25) is 4.79 Å². The number of aromatic nitrogens is 5. The average molecular weight is 554 g/mol. The van der Waals surface area contributed by atoms with Crippen LogP contribution >= 0.6 is 0 Å². The van der Waals surface area contributed by atoms with Gasteiger partial charge in [0.1, 0.15) is 24.4 Å². The van der Waals surface area contributed by atoms with E-state index in [0.29, 0.717) is 45.3 Å². The van der Waals surface area contributed by atoms with E-state index in [-0.39, 0.29) is 12.5 Å². The highest BCUT2D eigenvalue weighted by molar-refractivity contribution is 5.94. The summed E-state index contributed by atoms with van der Waals surface area (Å²) in [6.07, 6.45) is 5.15. The molecule has 4 aromatic rings. The molecule has 2 N–H and O–H groups in total. The number of H-pyrrole nitrogens is 1. The highest BCUT2D eigenvalue weighted by Crippen LogP contribution is 2.30. The van der Waals surface area contributed by atoms with Crippen LogP contribution in [0.4, 0.5) is 23.1 Å². The molecule has 1 amide bonds. The Morgan fingerprint density at radius 2 is 1.73 bits per heavy atom. The number of hydrogen-bond donors (Lipinski definition) is 2. The number of hydrogen-bond acceptors (Lipinski definition) is 10. The van der Waals surface area contributed by atoms with Crippen LogP contribution in [-0.4, -0.2) is 102 Å². The van der Waals surface area contributed by atoms with Crippen LogP contribution in [0.2, 0.25) is 0 Å². The molecule has 2 aliphatic heterocycles. The van der Waals surface area contributed by atoms with Crippen molar-refractivity contribution in [2.75, 3.05) is 81.3 Å². The summed E-state index contributed by atoms with van der Waals surface area (Å²) in [5.74, 6) is 6.72. The number of anilines is 4. The van der Waals surface area contributed by atoms with Crippen molar-refractivity contribution < 1.29 is 14.3 Å². The van der Waals surface area contributed by atoms with Crippen LogP contribution in [0.5, 0.6) is 0 Å². The van der Waals surface area contributed by atoms with Crippen LogP contribution in [0.3, 0.4) is 0 Å². The third kappa shape index (κ3) is 6.06. The fraction of sp³-hybridized carbons (Fsp3) is 0.345. The zero-order valence-corrected chi connectivity index (χ0v) is 22.8. The molecule has 12 heteroatoms. The Labute approximate surface area is 237 Å². The van der Waals surface area contributed by atoms with E-state index >= 15 is 0 Å². The number of amides is 1. The van der Waals surface area contributed by atoms with Crippen molar-refractivity contribution >= 4 is 40.1 Å². The summed E-state index contributed by atoms with van der Waals surface area (Å²) in [5.41, 5.74) is 4.57. The Hall–Kier alpha value is -4.73. The number of piperazine rings is 1. The first-order valence-corrected chi connectivity index (χ1v) is 13.6. The van der Waals surface area contributed by atoms with Gasteiger partial charge in [-0.15, -0.1) is 0 Å². The van der Waals surface area contributed by atoms with Gasteiger partial charge in [0.2, 0.25) is 5.95 Å². The van der Waals surface area contributed by atoms with E-state index in [1.54, 1.807) is 30.7 Å². The molecule has 12 nitrogen and oxygen atoms in total. The van der Waals surface area contributed by atoms with E-state index in [0.717, 1.165) is 52.6 Å². The second-order valence-corrected chi connectivity index (χ2v) is 9.73. The number of nitrogens with zero attached hydrogens (tertiary/aromatic N) is 7. The van der Waals surface area contributed by atoms with Gasteiger partial charge in [-0.25, -0.2) is 19.9 Å². The summed E-state index contributed by atoms with van der Waals surface area (Å²) < 4.78 is 10.4. The molecular weight excluding hydrogens is 522 g/mol. The number of morpholine rings is 1. The zero-order valence-electron chi connectivity index (χ0n) is 22.8. The molecule has 0 atom stereocenters. The fourth-order valence-corrected chi connectivity index (χ4v) is 4.93. The largest absolute Gasteiger partial charge is 0.378 e. The van der Waals surface area contributed by atoms with E-state index in [4.69, 9.17) is 9.47 Å². The maximum absolute atomic E-state index is 12.2. The molecule has 0 aliphatic carbocycles. The molecule has 6 rings (SSSR count). The molecule has 210 valence electrons. The summed E-state index contributed by atoms with van der Waals surface area (Å²) in [6, 6.07) is 10.3. The predicted octanol–water partition coefficient (Wildman–Crippen LogP) is 2.29. The summed E-state index contributed by atoms with van der Waals surface area (Å²) in [5, 5.41) is 4.37. The Morgan fingerprint density at radius 1 is 0.976 bits per heavy atom. The quantitative estimate of drug-likeness (QED) is 0.344. The Bertz CT molecular complexity index is 1550. The van der Waals surface area contributed by atoms with Gasteiger partial charge in [0.15, 0.2) is 0 Å². The number of fused-ring (bicyclic) bond motifs is 1. The van der Waals surface area contributed by atoms with Crippen molar-refractivity contribution in [1.29, 1.82) is 0 Å². The van der Waals surface area contributed by atoms with Gasteiger partial charge in [0.05, 0.1) is 36.7 Å². The molecule has 3 aromatic heterocycles. The molecule has 1 aromatic carbocycles.